The molecule has 1 fully saturated rings. The second-order valence-electron chi connectivity index (χ2n) is 5.12. The number of hydrogen-bond acceptors (Lipinski definition) is 4. The largest absolute Gasteiger partial charge is 0.348 e. The predicted molar refractivity (Wildman–Crippen MR) is 81.1 cm³/mol. The molecule has 0 bridgehead atoms. The summed E-state index contributed by atoms with van der Waals surface area (Å²) in [6, 6.07) is 2.29. The monoisotopic (exact) mass is 331 g/mol. The van der Waals surface area contributed by atoms with Crippen molar-refractivity contribution in [3.05, 3.63) is 37.9 Å². The van der Waals surface area contributed by atoms with Gasteiger partial charge in [-0.3, -0.25) is 14.9 Å². The van der Waals surface area contributed by atoms with Crippen molar-refractivity contribution in [1.29, 1.82) is 0 Å². The Kier molecular flexibility index (Phi) is 5.03. The van der Waals surface area contributed by atoms with Crippen LogP contribution in [0.25, 0.3) is 0 Å². The van der Waals surface area contributed by atoms with Crippen LogP contribution in [0.5, 0.6) is 0 Å². The van der Waals surface area contributed by atoms with Crippen LogP contribution < -0.4 is 5.32 Å². The molecule has 1 atom stereocenters. The van der Waals surface area contributed by atoms with Gasteiger partial charge in [0.05, 0.1) is 20.5 Å². The summed E-state index contributed by atoms with van der Waals surface area (Å²) < 4.78 is 0. The van der Waals surface area contributed by atoms with Crippen LogP contribution in [0.3, 0.4) is 0 Å². The van der Waals surface area contributed by atoms with Crippen LogP contribution in [-0.2, 0) is 0 Å². The first-order chi connectivity index (χ1) is 9.88. The van der Waals surface area contributed by atoms with E-state index < -0.39 is 10.8 Å². The van der Waals surface area contributed by atoms with Crippen LogP contribution >= 0.6 is 23.2 Å². The second-order valence-corrected chi connectivity index (χ2v) is 5.91. The van der Waals surface area contributed by atoms with E-state index in [9.17, 15) is 14.9 Å². The number of halogens is 2. The Morgan fingerprint density at radius 3 is 2.81 bits per heavy atom. The molecule has 1 aromatic rings. The molecular weight excluding hydrogens is 317 g/mol. The van der Waals surface area contributed by atoms with E-state index in [2.05, 4.69) is 10.2 Å². The number of nitrogens with zero attached hydrogens (tertiary/aromatic N) is 2. The fourth-order valence-electron chi connectivity index (χ4n) is 2.39. The highest BCUT2D eigenvalue weighted by atomic mass is 35.5. The number of benzene rings is 1. The van der Waals surface area contributed by atoms with Gasteiger partial charge in [0.15, 0.2) is 0 Å². The maximum Gasteiger partial charge on any atom is 0.271 e. The Morgan fingerprint density at radius 2 is 2.19 bits per heavy atom. The van der Waals surface area contributed by atoms with Crippen LogP contribution in [0.1, 0.15) is 23.2 Å². The number of amides is 1. The Balaban J connectivity index is 2.20. The van der Waals surface area contributed by atoms with Crippen LogP contribution in [0.4, 0.5) is 5.69 Å². The van der Waals surface area contributed by atoms with Crippen molar-refractivity contribution in [3.63, 3.8) is 0 Å². The van der Waals surface area contributed by atoms with Gasteiger partial charge in [-0.2, -0.15) is 0 Å². The molecule has 1 aliphatic rings. The number of nitrogens with one attached hydrogen (secondary N) is 1. The van der Waals surface area contributed by atoms with E-state index in [1.165, 1.54) is 0 Å². The molecule has 21 heavy (non-hydrogen) atoms. The number of rotatable bonds is 3. The molecule has 6 nitrogen and oxygen atoms in total. The third kappa shape index (κ3) is 3.84. The van der Waals surface area contributed by atoms with E-state index in [1.807, 2.05) is 7.05 Å². The zero-order chi connectivity index (χ0) is 15.6. The summed E-state index contributed by atoms with van der Waals surface area (Å²) in [4.78, 5) is 24.6. The minimum Gasteiger partial charge on any atom is -0.348 e. The third-order valence-corrected chi connectivity index (χ3v) is 4.23. The lowest BCUT2D eigenvalue weighted by Gasteiger charge is -2.30. The number of carbonyl (C=O) groups is 1. The number of likely N-dealkylation sites (tertiary alicyclic amines) is 1. The topological polar surface area (TPSA) is 75.5 Å². The molecule has 1 amide bonds. The van der Waals surface area contributed by atoms with Crippen molar-refractivity contribution in [2.75, 3.05) is 20.1 Å². The quantitative estimate of drug-likeness (QED) is 0.682. The van der Waals surface area contributed by atoms with Crippen molar-refractivity contribution in [1.82, 2.24) is 10.2 Å². The maximum atomic E-state index is 12.3. The molecule has 0 saturated carbocycles. The molecule has 0 radical (unpaired) electrons. The lowest BCUT2D eigenvalue weighted by molar-refractivity contribution is -0.384. The second kappa shape index (κ2) is 6.60. The van der Waals surface area contributed by atoms with Crippen molar-refractivity contribution in [2.45, 2.75) is 18.9 Å². The average Bonchev–Trinajstić information content (AvgIpc) is 2.41. The van der Waals surface area contributed by atoms with Gasteiger partial charge in [0, 0.05) is 24.7 Å². The molecule has 1 N–H and O–H groups in total. The third-order valence-electron chi connectivity index (χ3n) is 3.43. The van der Waals surface area contributed by atoms with Crippen molar-refractivity contribution in [2.24, 2.45) is 0 Å². The van der Waals surface area contributed by atoms with Crippen molar-refractivity contribution in [3.8, 4) is 0 Å². The highest BCUT2D eigenvalue weighted by molar-refractivity contribution is 6.44. The lowest BCUT2D eigenvalue weighted by Crippen LogP contribution is -2.46. The van der Waals surface area contributed by atoms with E-state index in [0.29, 0.717) is 0 Å². The number of nitro groups is 1. The van der Waals surface area contributed by atoms with Crippen molar-refractivity contribution < 1.29 is 9.72 Å². The summed E-state index contributed by atoms with van der Waals surface area (Å²) in [5.41, 5.74) is -0.223. The molecule has 1 aliphatic heterocycles. The number of carbonyl (C=O) groups excluding carboxylic acids is 1. The first-order valence-electron chi connectivity index (χ1n) is 6.51. The van der Waals surface area contributed by atoms with Gasteiger partial charge in [-0.05, 0) is 26.4 Å². The number of non-ortho nitro benzene ring substituents is 1. The molecule has 0 aliphatic carbocycles. The minimum atomic E-state index is -0.604. The van der Waals surface area contributed by atoms with Crippen LogP contribution in [0.2, 0.25) is 10.0 Å². The van der Waals surface area contributed by atoms with Crippen LogP contribution in [-0.4, -0.2) is 41.9 Å². The van der Waals surface area contributed by atoms with Gasteiger partial charge < -0.3 is 10.2 Å². The van der Waals surface area contributed by atoms with Gasteiger partial charge in [-0.15, -0.1) is 0 Å². The normalized spacial score (nSPS) is 19.3. The van der Waals surface area contributed by atoms with E-state index in [1.54, 1.807) is 0 Å². The molecule has 2 rings (SSSR count). The Hall–Kier alpha value is -1.37. The summed E-state index contributed by atoms with van der Waals surface area (Å²) in [6.45, 7) is 1.74. The number of piperidine rings is 1. The van der Waals surface area contributed by atoms with Crippen LogP contribution in [0.15, 0.2) is 12.1 Å². The summed E-state index contributed by atoms with van der Waals surface area (Å²) in [6.07, 6.45) is 1.86. The summed E-state index contributed by atoms with van der Waals surface area (Å²) in [5.74, 6) is -0.439. The molecule has 114 valence electrons. The van der Waals surface area contributed by atoms with E-state index in [4.69, 9.17) is 23.2 Å². The molecule has 1 aromatic carbocycles. The fraction of sp³-hybridized carbons (Fsp3) is 0.462. The van der Waals surface area contributed by atoms with E-state index >= 15 is 0 Å². The molecule has 1 heterocycles. The molecule has 1 saturated heterocycles. The fourth-order valence-corrected chi connectivity index (χ4v) is 2.80. The Labute approximate surface area is 132 Å². The smallest absolute Gasteiger partial charge is 0.271 e. The van der Waals surface area contributed by atoms with Gasteiger partial charge in [-0.1, -0.05) is 23.2 Å². The molecule has 8 heteroatoms. The SMILES string of the molecule is CN1CCCC(NC(=O)c2cc([N+](=O)[O-])cc(Cl)c2Cl)C1. The minimum absolute atomic E-state index is 0.00298. The van der Waals surface area contributed by atoms with Crippen molar-refractivity contribution >= 4 is 34.8 Å². The van der Waals surface area contributed by atoms with Gasteiger partial charge in [0.1, 0.15) is 0 Å². The Morgan fingerprint density at radius 1 is 1.48 bits per heavy atom. The highest BCUT2D eigenvalue weighted by Crippen LogP contribution is 2.31. The van der Waals surface area contributed by atoms with Gasteiger partial charge in [0.2, 0.25) is 0 Å². The molecule has 0 aromatic heterocycles. The zero-order valence-corrected chi connectivity index (χ0v) is 12.9. The van der Waals surface area contributed by atoms with Crippen LogP contribution in [0, 0.1) is 10.1 Å². The number of nitro benzene ring substituents is 1. The molecule has 1 unspecified atom stereocenters. The lowest BCUT2D eigenvalue weighted by atomic mass is 10.1. The number of likely N-dealkylation sites (N-methyl/N-ethyl adjacent to an activating group) is 1. The Bertz CT molecular complexity index is 580. The standard InChI is InChI=1S/C13H15Cl2N3O3/c1-17-4-2-3-8(7-17)16-13(19)10-5-9(18(20)21)6-11(14)12(10)15/h5-6,8H,2-4,7H2,1H3,(H,16,19). The predicted octanol–water partition coefficient (Wildman–Crippen LogP) is 2.73. The summed E-state index contributed by atoms with van der Waals surface area (Å²) in [5, 5.41) is 13.7. The van der Waals surface area contributed by atoms with E-state index in [-0.39, 0.29) is 27.3 Å². The first kappa shape index (κ1) is 16.0. The van der Waals surface area contributed by atoms with E-state index in [0.717, 1.165) is 38.1 Å². The molecular formula is C13H15Cl2N3O3. The summed E-state index contributed by atoms with van der Waals surface area (Å²) >= 11 is 11.8. The average molecular weight is 332 g/mol. The summed E-state index contributed by atoms with van der Waals surface area (Å²) in [7, 11) is 1.98. The maximum absolute atomic E-state index is 12.3. The zero-order valence-electron chi connectivity index (χ0n) is 11.4. The highest BCUT2D eigenvalue weighted by Gasteiger charge is 2.23. The first-order valence-corrected chi connectivity index (χ1v) is 7.27. The number of hydrogen-bond donors (Lipinski definition) is 1. The van der Waals surface area contributed by atoms with Gasteiger partial charge >= 0.3 is 0 Å². The molecule has 0 spiro atoms. The van der Waals surface area contributed by atoms with Gasteiger partial charge in [0.25, 0.3) is 11.6 Å². The van der Waals surface area contributed by atoms with Gasteiger partial charge in [-0.25, -0.2) is 0 Å².